The summed E-state index contributed by atoms with van der Waals surface area (Å²) in [6, 6.07) is 0. The fraction of sp³-hybridized carbons (Fsp3) is 0.818. The van der Waals surface area contributed by atoms with Gasteiger partial charge in [-0.1, -0.05) is 59.5 Å². The summed E-state index contributed by atoms with van der Waals surface area (Å²) < 4.78 is 0. The monoisotopic (exact) mass is 350 g/mol. The molecular weight excluding hydrogens is 312 g/mol. The highest BCUT2D eigenvalue weighted by atomic mass is 16.3. The summed E-state index contributed by atoms with van der Waals surface area (Å²) in [7, 11) is 0. The zero-order valence-corrected chi connectivity index (χ0v) is 16.6. The van der Waals surface area contributed by atoms with Crippen LogP contribution in [0.15, 0.2) is 23.5 Å². The summed E-state index contributed by atoms with van der Waals surface area (Å²) in [5.74, 6) is 0.316. The van der Waals surface area contributed by atoms with Gasteiger partial charge in [-0.25, -0.2) is 0 Å². The van der Waals surface area contributed by atoms with E-state index in [-0.39, 0.29) is 23.2 Å². The lowest BCUT2D eigenvalue weighted by atomic mass is 9.65. The van der Waals surface area contributed by atoms with Crippen LogP contribution in [0.1, 0.15) is 85.5 Å². The maximum absolute atomic E-state index is 11.2. The Morgan fingerprint density at radius 1 is 1.20 bits per heavy atom. The van der Waals surface area contributed by atoms with Gasteiger partial charge in [0.2, 0.25) is 0 Å². The van der Waals surface area contributed by atoms with Crippen LogP contribution < -0.4 is 0 Å². The molecule has 4 atom stereocenters. The fourth-order valence-electron chi connectivity index (χ4n) is 4.62. The number of hydrogen-bond acceptors (Lipinski definition) is 3. The molecule has 25 heavy (non-hydrogen) atoms. The van der Waals surface area contributed by atoms with Crippen LogP contribution in [0.5, 0.6) is 0 Å². The quantitative estimate of drug-likeness (QED) is 0.547. The van der Waals surface area contributed by atoms with Crippen LogP contribution in [0.25, 0.3) is 0 Å². The van der Waals surface area contributed by atoms with E-state index in [9.17, 15) is 15.3 Å². The van der Waals surface area contributed by atoms with E-state index in [4.69, 9.17) is 0 Å². The van der Waals surface area contributed by atoms with Gasteiger partial charge in [-0.05, 0) is 48.7 Å². The van der Waals surface area contributed by atoms with E-state index < -0.39 is 5.60 Å². The van der Waals surface area contributed by atoms with Crippen molar-refractivity contribution < 1.29 is 15.3 Å². The van der Waals surface area contributed by atoms with Crippen LogP contribution in [-0.2, 0) is 0 Å². The molecule has 0 amide bonds. The van der Waals surface area contributed by atoms with Crippen molar-refractivity contribution in [3.8, 4) is 0 Å². The second-order valence-corrected chi connectivity index (χ2v) is 9.06. The normalized spacial score (nSPS) is 33.8. The number of aliphatic hydroxyl groups excluding tert-OH is 2. The minimum absolute atomic E-state index is 0.0146. The average Bonchev–Trinajstić information content (AvgIpc) is 2.56. The topological polar surface area (TPSA) is 60.7 Å². The van der Waals surface area contributed by atoms with Crippen molar-refractivity contribution in [1.82, 2.24) is 0 Å². The maximum Gasteiger partial charge on any atom is 0.128 e. The first kappa shape index (κ1) is 20.5. The lowest BCUT2D eigenvalue weighted by molar-refractivity contribution is -0.0736. The summed E-state index contributed by atoms with van der Waals surface area (Å²) >= 11 is 0. The molecule has 2 aliphatic rings. The molecule has 1 unspecified atom stereocenters. The van der Waals surface area contributed by atoms with E-state index in [1.165, 1.54) is 25.7 Å². The van der Waals surface area contributed by atoms with Gasteiger partial charge in [0.15, 0.2) is 0 Å². The van der Waals surface area contributed by atoms with Gasteiger partial charge in [0, 0.05) is 12.3 Å². The first-order valence-corrected chi connectivity index (χ1v) is 10.2. The predicted octanol–water partition coefficient (Wildman–Crippen LogP) is 5.28. The molecule has 0 aromatic heterocycles. The van der Waals surface area contributed by atoms with Crippen LogP contribution in [0.2, 0.25) is 0 Å². The average molecular weight is 351 g/mol. The summed E-state index contributed by atoms with van der Waals surface area (Å²) in [5.41, 5.74) is -0.0706. The summed E-state index contributed by atoms with van der Waals surface area (Å²) in [5, 5.41) is 31.9. The Hall–Kier alpha value is -0.800. The molecule has 0 aliphatic heterocycles. The van der Waals surface area contributed by atoms with Gasteiger partial charge in [-0.3, -0.25) is 0 Å². The van der Waals surface area contributed by atoms with E-state index in [2.05, 4.69) is 33.8 Å². The lowest BCUT2D eigenvalue weighted by Gasteiger charge is -2.44. The molecule has 0 bridgehead atoms. The molecule has 3 nitrogen and oxygen atoms in total. The minimum atomic E-state index is -1.22. The minimum Gasteiger partial charge on any atom is -0.509 e. The highest BCUT2D eigenvalue weighted by Crippen LogP contribution is 2.46. The van der Waals surface area contributed by atoms with Gasteiger partial charge in [-0.2, -0.15) is 0 Å². The van der Waals surface area contributed by atoms with Gasteiger partial charge in [0.1, 0.15) is 11.4 Å². The van der Waals surface area contributed by atoms with E-state index in [1.54, 1.807) is 6.08 Å². The number of hydrogen-bond donors (Lipinski definition) is 3. The molecule has 0 radical (unpaired) electrons. The number of unbranched alkanes of at least 4 members (excludes halogenated alkanes) is 3. The first-order chi connectivity index (χ1) is 11.7. The van der Waals surface area contributed by atoms with Crippen LogP contribution in [0.4, 0.5) is 0 Å². The molecular formula is C22H38O3. The third kappa shape index (κ3) is 4.68. The van der Waals surface area contributed by atoms with Gasteiger partial charge in [0.25, 0.3) is 0 Å². The molecule has 0 saturated heterocycles. The molecule has 3 heteroatoms. The van der Waals surface area contributed by atoms with Gasteiger partial charge in [0.05, 0.1) is 6.10 Å². The largest absolute Gasteiger partial charge is 0.509 e. The van der Waals surface area contributed by atoms with Crippen molar-refractivity contribution in [2.75, 3.05) is 0 Å². The zero-order chi connectivity index (χ0) is 18.7. The zero-order valence-electron chi connectivity index (χ0n) is 16.6. The molecule has 2 rings (SSSR count). The third-order valence-corrected chi connectivity index (χ3v) is 6.59. The van der Waals surface area contributed by atoms with Crippen LogP contribution in [-0.4, -0.2) is 27.0 Å². The highest BCUT2D eigenvalue weighted by molar-refractivity contribution is 5.36. The van der Waals surface area contributed by atoms with Crippen molar-refractivity contribution in [3.05, 3.63) is 23.5 Å². The van der Waals surface area contributed by atoms with E-state index in [1.807, 2.05) is 0 Å². The van der Waals surface area contributed by atoms with Crippen LogP contribution >= 0.6 is 0 Å². The number of rotatable bonds is 7. The van der Waals surface area contributed by atoms with Gasteiger partial charge < -0.3 is 15.3 Å². The molecule has 144 valence electrons. The molecule has 2 aliphatic carbocycles. The third-order valence-electron chi connectivity index (χ3n) is 6.59. The van der Waals surface area contributed by atoms with Gasteiger partial charge >= 0.3 is 0 Å². The smallest absolute Gasteiger partial charge is 0.128 e. The Morgan fingerprint density at radius 2 is 1.92 bits per heavy atom. The van der Waals surface area contributed by atoms with Crippen LogP contribution in [0.3, 0.4) is 0 Å². The molecule has 1 saturated carbocycles. The van der Waals surface area contributed by atoms with E-state index in [0.29, 0.717) is 18.8 Å². The Bertz CT molecular complexity index is 505. The molecule has 0 aromatic rings. The second kappa shape index (κ2) is 8.26. The van der Waals surface area contributed by atoms with E-state index in [0.717, 1.165) is 24.8 Å². The molecule has 0 spiro atoms. The molecule has 0 aromatic carbocycles. The van der Waals surface area contributed by atoms with Crippen LogP contribution in [0, 0.1) is 17.3 Å². The Morgan fingerprint density at radius 3 is 2.56 bits per heavy atom. The number of allylic oxidation sites excluding steroid dienone is 2. The molecule has 1 fully saturated rings. The Balaban J connectivity index is 2.08. The summed E-state index contributed by atoms with van der Waals surface area (Å²) in [6.45, 7) is 8.80. The first-order valence-electron chi connectivity index (χ1n) is 10.2. The fourth-order valence-corrected chi connectivity index (χ4v) is 4.62. The van der Waals surface area contributed by atoms with Gasteiger partial charge in [-0.15, -0.1) is 0 Å². The van der Waals surface area contributed by atoms with Crippen molar-refractivity contribution in [2.24, 2.45) is 17.3 Å². The number of aliphatic hydroxyl groups is 3. The molecule has 3 N–H and O–H groups in total. The standard InChI is InChI=1S/C22H38O3/c1-5-6-7-8-12-21(3,4)17-11-13-22(25,20(24)14-17)19-15-18(23)10-9-16(19)2/h11,14,16,18-19,23-25H,5-10,12-13,15H2,1-4H3/t16-,18+,19-,22?/m1/s1. The second-order valence-electron chi connectivity index (χ2n) is 9.06. The van der Waals surface area contributed by atoms with Crippen molar-refractivity contribution >= 4 is 0 Å². The highest BCUT2D eigenvalue weighted by Gasteiger charge is 2.47. The van der Waals surface area contributed by atoms with E-state index >= 15 is 0 Å². The van der Waals surface area contributed by atoms with Crippen molar-refractivity contribution in [3.63, 3.8) is 0 Å². The predicted molar refractivity (Wildman–Crippen MR) is 103 cm³/mol. The summed E-state index contributed by atoms with van der Waals surface area (Å²) in [6.07, 6.45) is 12.3. The Kier molecular flexibility index (Phi) is 6.78. The SMILES string of the molecule is CCCCCCC(C)(C)C1=CCC(O)([C@@H]2C[C@@H](O)CC[C@H]2C)C(O)=C1. The molecule has 0 heterocycles. The Labute approximate surface area is 153 Å². The van der Waals surface area contributed by atoms with Crippen molar-refractivity contribution in [2.45, 2.75) is 97.2 Å². The maximum atomic E-state index is 11.2. The van der Waals surface area contributed by atoms with Crippen molar-refractivity contribution in [1.29, 1.82) is 0 Å². The summed E-state index contributed by atoms with van der Waals surface area (Å²) in [4.78, 5) is 0. The lowest BCUT2D eigenvalue weighted by Crippen LogP contribution is -2.47.